The number of rotatable bonds is 5. The summed E-state index contributed by atoms with van der Waals surface area (Å²) in [5.41, 5.74) is 6.26. The molecule has 0 unspecified atom stereocenters. The number of nitrogens with zero attached hydrogens (tertiary/aromatic N) is 1. The molecular formula is C12H21N3OS. The molecule has 96 valence electrons. The quantitative estimate of drug-likeness (QED) is 0.782. The maximum absolute atomic E-state index is 11.6. The van der Waals surface area contributed by atoms with E-state index in [9.17, 15) is 4.79 Å². The molecule has 0 aromatic carbocycles. The van der Waals surface area contributed by atoms with Crippen molar-refractivity contribution in [3.8, 4) is 0 Å². The van der Waals surface area contributed by atoms with Crippen molar-refractivity contribution in [3.05, 3.63) is 16.1 Å². The molecule has 0 radical (unpaired) electrons. The van der Waals surface area contributed by atoms with Gasteiger partial charge in [-0.1, -0.05) is 20.8 Å². The number of amides is 1. The second kappa shape index (κ2) is 6.12. The van der Waals surface area contributed by atoms with Crippen LogP contribution in [0.3, 0.4) is 0 Å². The first-order valence-electron chi connectivity index (χ1n) is 5.85. The molecule has 4 nitrogen and oxygen atoms in total. The average molecular weight is 255 g/mol. The van der Waals surface area contributed by atoms with Crippen LogP contribution in [-0.2, 0) is 16.6 Å². The van der Waals surface area contributed by atoms with Crippen LogP contribution in [-0.4, -0.2) is 24.0 Å². The minimum Gasteiger partial charge on any atom is -0.356 e. The standard InChI is InChI=1S/C12H21N3OS/c1-12(2,3)11-15-9(8-17-11)7-10(16)14-6-4-5-13/h8H,4-7,13H2,1-3H3,(H,14,16). The minimum absolute atomic E-state index is 0.0178. The van der Waals surface area contributed by atoms with E-state index in [1.807, 2.05) is 5.38 Å². The number of carbonyl (C=O) groups excluding carboxylic acids is 1. The third-order valence-corrected chi connectivity index (χ3v) is 3.55. The highest BCUT2D eigenvalue weighted by atomic mass is 32.1. The molecule has 1 aromatic heterocycles. The summed E-state index contributed by atoms with van der Waals surface area (Å²) < 4.78 is 0. The van der Waals surface area contributed by atoms with Crippen molar-refractivity contribution in [1.82, 2.24) is 10.3 Å². The fraction of sp³-hybridized carbons (Fsp3) is 0.667. The lowest BCUT2D eigenvalue weighted by molar-refractivity contribution is -0.120. The third-order valence-electron chi connectivity index (χ3n) is 2.24. The summed E-state index contributed by atoms with van der Waals surface area (Å²) in [5, 5.41) is 5.86. The van der Waals surface area contributed by atoms with Gasteiger partial charge in [-0.05, 0) is 13.0 Å². The fourth-order valence-electron chi connectivity index (χ4n) is 1.29. The van der Waals surface area contributed by atoms with Gasteiger partial charge in [-0.25, -0.2) is 4.98 Å². The lowest BCUT2D eigenvalue weighted by Crippen LogP contribution is -2.27. The van der Waals surface area contributed by atoms with Crippen LogP contribution in [0.4, 0.5) is 0 Å². The molecule has 0 fully saturated rings. The van der Waals surface area contributed by atoms with Crippen molar-refractivity contribution >= 4 is 17.2 Å². The van der Waals surface area contributed by atoms with Gasteiger partial charge in [0.1, 0.15) is 0 Å². The van der Waals surface area contributed by atoms with Gasteiger partial charge in [0.2, 0.25) is 5.91 Å². The van der Waals surface area contributed by atoms with Gasteiger partial charge in [0, 0.05) is 17.3 Å². The van der Waals surface area contributed by atoms with Crippen LogP contribution < -0.4 is 11.1 Å². The SMILES string of the molecule is CC(C)(C)c1nc(CC(=O)NCCCN)cs1. The van der Waals surface area contributed by atoms with Gasteiger partial charge in [-0.3, -0.25) is 4.79 Å². The summed E-state index contributed by atoms with van der Waals surface area (Å²) in [6, 6.07) is 0. The zero-order chi connectivity index (χ0) is 12.9. The Hall–Kier alpha value is -0.940. The molecule has 5 heteroatoms. The van der Waals surface area contributed by atoms with E-state index >= 15 is 0 Å². The Morgan fingerprint density at radius 3 is 2.76 bits per heavy atom. The minimum atomic E-state index is 0.0178. The van der Waals surface area contributed by atoms with Crippen LogP contribution >= 0.6 is 11.3 Å². The lowest BCUT2D eigenvalue weighted by Gasteiger charge is -2.13. The number of nitrogens with two attached hydrogens (primary N) is 1. The molecule has 1 amide bonds. The molecule has 0 aliphatic rings. The Balaban J connectivity index is 2.46. The summed E-state index contributed by atoms with van der Waals surface area (Å²) in [4.78, 5) is 16.0. The number of nitrogens with one attached hydrogen (secondary N) is 1. The smallest absolute Gasteiger partial charge is 0.226 e. The van der Waals surface area contributed by atoms with Crippen LogP contribution in [0.5, 0.6) is 0 Å². The van der Waals surface area contributed by atoms with Crippen molar-refractivity contribution in [2.45, 2.75) is 39.0 Å². The summed E-state index contributed by atoms with van der Waals surface area (Å²) in [6.07, 6.45) is 1.17. The molecule has 0 aliphatic heterocycles. The van der Waals surface area contributed by atoms with Gasteiger partial charge in [0.05, 0.1) is 17.1 Å². The van der Waals surface area contributed by atoms with Gasteiger partial charge in [-0.2, -0.15) is 0 Å². The van der Waals surface area contributed by atoms with Gasteiger partial charge < -0.3 is 11.1 Å². The van der Waals surface area contributed by atoms with E-state index in [0.717, 1.165) is 17.1 Å². The summed E-state index contributed by atoms with van der Waals surface area (Å²) in [7, 11) is 0. The summed E-state index contributed by atoms with van der Waals surface area (Å²) in [5.74, 6) is 0.0178. The molecule has 1 heterocycles. The van der Waals surface area contributed by atoms with E-state index in [1.54, 1.807) is 11.3 Å². The number of hydrogen-bond donors (Lipinski definition) is 2. The molecule has 0 saturated carbocycles. The number of hydrogen-bond acceptors (Lipinski definition) is 4. The summed E-state index contributed by atoms with van der Waals surface area (Å²) >= 11 is 1.62. The zero-order valence-corrected chi connectivity index (χ0v) is 11.6. The van der Waals surface area contributed by atoms with Crippen LogP contribution in [0.15, 0.2) is 5.38 Å². The Kier molecular flexibility index (Phi) is 5.08. The third kappa shape index (κ3) is 4.83. The molecule has 0 bridgehead atoms. The van der Waals surface area contributed by atoms with E-state index in [1.165, 1.54) is 0 Å². The van der Waals surface area contributed by atoms with E-state index in [-0.39, 0.29) is 11.3 Å². The van der Waals surface area contributed by atoms with Crippen LogP contribution in [0.1, 0.15) is 37.9 Å². The second-order valence-corrected chi connectivity index (χ2v) is 5.92. The second-order valence-electron chi connectivity index (χ2n) is 5.06. The van der Waals surface area contributed by atoms with Crippen LogP contribution in [0.2, 0.25) is 0 Å². The van der Waals surface area contributed by atoms with Crippen molar-refractivity contribution in [2.24, 2.45) is 5.73 Å². The van der Waals surface area contributed by atoms with Crippen molar-refractivity contribution in [1.29, 1.82) is 0 Å². The number of carbonyl (C=O) groups is 1. The topological polar surface area (TPSA) is 68.0 Å². The fourth-order valence-corrected chi connectivity index (χ4v) is 2.20. The molecule has 0 atom stereocenters. The first kappa shape index (κ1) is 14.1. The largest absolute Gasteiger partial charge is 0.356 e. The Bertz CT molecular complexity index is 368. The van der Waals surface area contributed by atoms with Crippen LogP contribution in [0.25, 0.3) is 0 Å². The maximum Gasteiger partial charge on any atom is 0.226 e. The van der Waals surface area contributed by atoms with Crippen molar-refractivity contribution in [3.63, 3.8) is 0 Å². The van der Waals surface area contributed by atoms with Gasteiger partial charge in [-0.15, -0.1) is 11.3 Å². The molecule has 0 spiro atoms. The van der Waals surface area contributed by atoms with Gasteiger partial charge in [0.25, 0.3) is 0 Å². The van der Waals surface area contributed by atoms with Crippen molar-refractivity contribution < 1.29 is 4.79 Å². The predicted molar refractivity (Wildman–Crippen MR) is 71.2 cm³/mol. The predicted octanol–water partition coefficient (Wildman–Crippen LogP) is 1.45. The van der Waals surface area contributed by atoms with E-state index < -0.39 is 0 Å². The molecule has 1 rings (SSSR count). The molecule has 1 aromatic rings. The van der Waals surface area contributed by atoms with Crippen LogP contribution in [0, 0.1) is 0 Å². The monoisotopic (exact) mass is 255 g/mol. The molecule has 3 N–H and O–H groups in total. The van der Waals surface area contributed by atoms with Gasteiger partial charge >= 0.3 is 0 Å². The first-order chi connectivity index (χ1) is 7.93. The molecular weight excluding hydrogens is 234 g/mol. The zero-order valence-electron chi connectivity index (χ0n) is 10.7. The van der Waals surface area contributed by atoms with E-state index in [2.05, 4.69) is 31.1 Å². The van der Waals surface area contributed by atoms with E-state index in [4.69, 9.17) is 5.73 Å². The number of aromatic nitrogens is 1. The number of thiazole rings is 1. The molecule has 17 heavy (non-hydrogen) atoms. The van der Waals surface area contributed by atoms with E-state index in [0.29, 0.717) is 19.5 Å². The summed E-state index contributed by atoms with van der Waals surface area (Å²) in [6.45, 7) is 7.61. The first-order valence-corrected chi connectivity index (χ1v) is 6.73. The molecule has 0 saturated heterocycles. The highest BCUT2D eigenvalue weighted by molar-refractivity contribution is 7.09. The maximum atomic E-state index is 11.6. The Labute approximate surface area is 107 Å². The van der Waals surface area contributed by atoms with Crippen molar-refractivity contribution in [2.75, 3.05) is 13.1 Å². The normalized spacial score (nSPS) is 11.5. The highest BCUT2D eigenvalue weighted by Crippen LogP contribution is 2.25. The molecule has 0 aliphatic carbocycles. The Morgan fingerprint density at radius 1 is 1.53 bits per heavy atom. The lowest BCUT2D eigenvalue weighted by atomic mass is 9.98. The average Bonchev–Trinajstić information content (AvgIpc) is 2.66. The van der Waals surface area contributed by atoms with Gasteiger partial charge in [0.15, 0.2) is 0 Å². The highest BCUT2D eigenvalue weighted by Gasteiger charge is 2.18. The Morgan fingerprint density at radius 2 is 2.24 bits per heavy atom.